The van der Waals surface area contributed by atoms with Crippen LogP contribution in [0.2, 0.25) is 0 Å². The fourth-order valence-electron chi connectivity index (χ4n) is 2.60. The molecular formula is C19H13N5O3. The lowest BCUT2D eigenvalue weighted by Gasteiger charge is -2.02. The highest BCUT2D eigenvalue weighted by Gasteiger charge is 2.09. The van der Waals surface area contributed by atoms with Gasteiger partial charge in [0.05, 0.1) is 16.7 Å². The smallest absolute Gasteiger partial charge is 0.270 e. The van der Waals surface area contributed by atoms with Crippen molar-refractivity contribution in [2.24, 2.45) is 5.10 Å². The predicted molar refractivity (Wildman–Crippen MR) is 102 cm³/mol. The number of anilines is 1. The van der Waals surface area contributed by atoms with Crippen LogP contribution in [-0.2, 0) is 0 Å². The Kier molecular flexibility index (Phi) is 4.28. The molecule has 0 atom stereocenters. The average molecular weight is 359 g/mol. The zero-order valence-electron chi connectivity index (χ0n) is 13.9. The van der Waals surface area contributed by atoms with E-state index in [4.69, 9.17) is 4.42 Å². The minimum Gasteiger partial charge on any atom is -0.455 e. The quantitative estimate of drug-likeness (QED) is 0.324. The number of non-ortho nitro benzene ring substituents is 1. The molecule has 1 N–H and O–H groups in total. The fourth-order valence-corrected chi connectivity index (χ4v) is 2.60. The number of hydrogen-bond donors (Lipinski definition) is 1. The number of fused-ring (bicyclic) bond motifs is 1. The number of aromatic nitrogens is 2. The molecule has 2 aromatic carbocycles. The number of hydrogen-bond acceptors (Lipinski definition) is 7. The highest BCUT2D eigenvalue weighted by atomic mass is 16.6. The third kappa shape index (κ3) is 3.49. The van der Waals surface area contributed by atoms with Crippen molar-refractivity contribution in [2.75, 3.05) is 5.43 Å². The molecule has 0 aliphatic rings. The molecule has 0 saturated heterocycles. The Labute approximate surface area is 153 Å². The first-order chi connectivity index (χ1) is 13.2. The van der Waals surface area contributed by atoms with Crippen LogP contribution in [0, 0.1) is 10.1 Å². The van der Waals surface area contributed by atoms with Crippen LogP contribution in [0.25, 0.3) is 22.2 Å². The summed E-state index contributed by atoms with van der Waals surface area (Å²) in [6.07, 6.45) is 2.98. The van der Waals surface area contributed by atoms with Crippen molar-refractivity contribution in [2.45, 2.75) is 0 Å². The first-order valence-electron chi connectivity index (χ1n) is 8.04. The van der Waals surface area contributed by atoms with Gasteiger partial charge in [0.15, 0.2) is 5.82 Å². The molecule has 4 aromatic rings. The van der Waals surface area contributed by atoms with Crippen molar-refractivity contribution in [1.82, 2.24) is 9.97 Å². The lowest BCUT2D eigenvalue weighted by molar-refractivity contribution is -0.384. The maximum atomic E-state index is 10.9. The summed E-state index contributed by atoms with van der Waals surface area (Å²) in [5.41, 5.74) is 4.33. The Morgan fingerprint density at radius 2 is 1.96 bits per heavy atom. The molecule has 0 saturated carbocycles. The molecule has 2 heterocycles. The van der Waals surface area contributed by atoms with Crippen molar-refractivity contribution in [3.8, 4) is 11.3 Å². The van der Waals surface area contributed by atoms with E-state index in [1.54, 1.807) is 24.3 Å². The first kappa shape index (κ1) is 16.4. The van der Waals surface area contributed by atoms with Gasteiger partial charge in [-0.2, -0.15) is 5.10 Å². The van der Waals surface area contributed by atoms with E-state index in [1.165, 1.54) is 24.7 Å². The second kappa shape index (κ2) is 7.04. The molecule has 8 heteroatoms. The number of nitro groups is 1. The molecule has 0 bridgehead atoms. The van der Waals surface area contributed by atoms with Crippen LogP contribution < -0.4 is 5.43 Å². The van der Waals surface area contributed by atoms with E-state index < -0.39 is 4.92 Å². The maximum absolute atomic E-state index is 10.9. The second-order valence-electron chi connectivity index (χ2n) is 5.62. The van der Waals surface area contributed by atoms with E-state index in [9.17, 15) is 10.1 Å². The number of hydrazone groups is 1. The number of rotatable bonds is 5. The SMILES string of the molecule is O=[N+]([O-])c1cccc(-c2ccc(/C=N/Nc3ncnc4ccccc34)o2)c1. The zero-order valence-corrected chi connectivity index (χ0v) is 13.9. The van der Waals surface area contributed by atoms with E-state index in [2.05, 4.69) is 20.5 Å². The van der Waals surface area contributed by atoms with E-state index in [1.807, 2.05) is 24.3 Å². The van der Waals surface area contributed by atoms with Gasteiger partial charge in [-0.15, -0.1) is 0 Å². The number of nitrogens with one attached hydrogen (secondary N) is 1. The van der Waals surface area contributed by atoms with Gasteiger partial charge in [0, 0.05) is 23.1 Å². The summed E-state index contributed by atoms with van der Waals surface area (Å²) in [7, 11) is 0. The predicted octanol–water partition coefficient (Wildman–Crippen LogP) is 4.24. The van der Waals surface area contributed by atoms with Gasteiger partial charge in [-0.05, 0) is 24.3 Å². The number of para-hydroxylation sites is 1. The molecule has 2 aromatic heterocycles. The van der Waals surface area contributed by atoms with Gasteiger partial charge >= 0.3 is 0 Å². The van der Waals surface area contributed by atoms with Gasteiger partial charge in [-0.25, -0.2) is 9.97 Å². The normalized spacial score (nSPS) is 11.1. The van der Waals surface area contributed by atoms with Crippen molar-refractivity contribution in [3.63, 3.8) is 0 Å². The molecule has 0 spiro atoms. The summed E-state index contributed by atoms with van der Waals surface area (Å²) < 4.78 is 5.69. The van der Waals surface area contributed by atoms with Crippen LogP contribution in [0.3, 0.4) is 0 Å². The highest BCUT2D eigenvalue weighted by Crippen LogP contribution is 2.25. The Balaban J connectivity index is 1.52. The molecule has 0 aliphatic heterocycles. The van der Waals surface area contributed by atoms with Crippen LogP contribution in [0.4, 0.5) is 11.5 Å². The molecule has 4 rings (SSSR count). The molecule has 0 fully saturated rings. The van der Waals surface area contributed by atoms with E-state index in [-0.39, 0.29) is 5.69 Å². The molecule has 132 valence electrons. The van der Waals surface area contributed by atoms with Crippen LogP contribution >= 0.6 is 0 Å². The lowest BCUT2D eigenvalue weighted by Crippen LogP contribution is -1.95. The van der Waals surface area contributed by atoms with Gasteiger partial charge in [0.25, 0.3) is 5.69 Å². The van der Waals surface area contributed by atoms with Crippen molar-refractivity contribution in [3.05, 3.63) is 82.9 Å². The maximum Gasteiger partial charge on any atom is 0.270 e. The number of furan rings is 1. The molecule has 0 unspecified atom stereocenters. The van der Waals surface area contributed by atoms with Gasteiger partial charge < -0.3 is 4.42 Å². The van der Waals surface area contributed by atoms with Gasteiger partial charge in [0.1, 0.15) is 17.8 Å². The van der Waals surface area contributed by atoms with Gasteiger partial charge in [-0.3, -0.25) is 15.5 Å². The standard InChI is InChI=1S/C19H13N5O3/c25-24(26)14-5-3-4-13(10-14)18-9-8-15(27-18)11-22-23-19-16-6-1-2-7-17(16)20-12-21-19/h1-12H,(H,20,21,23)/b22-11+. The summed E-state index contributed by atoms with van der Waals surface area (Å²) in [4.78, 5) is 18.8. The molecule has 0 amide bonds. The average Bonchev–Trinajstić information content (AvgIpc) is 3.17. The Morgan fingerprint density at radius 3 is 2.85 bits per heavy atom. The van der Waals surface area contributed by atoms with Crippen molar-refractivity contribution in [1.29, 1.82) is 0 Å². The number of nitro benzene ring substituents is 1. The second-order valence-corrected chi connectivity index (χ2v) is 5.62. The fraction of sp³-hybridized carbons (Fsp3) is 0. The summed E-state index contributed by atoms with van der Waals surface area (Å²) in [6.45, 7) is 0. The Morgan fingerprint density at radius 1 is 1.07 bits per heavy atom. The first-order valence-corrected chi connectivity index (χ1v) is 8.04. The van der Waals surface area contributed by atoms with Gasteiger partial charge in [0.2, 0.25) is 0 Å². The van der Waals surface area contributed by atoms with Crippen molar-refractivity contribution < 1.29 is 9.34 Å². The molecule has 0 aliphatic carbocycles. The third-order valence-electron chi connectivity index (χ3n) is 3.87. The third-order valence-corrected chi connectivity index (χ3v) is 3.87. The summed E-state index contributed by atoms with van der Waals surface area (Å²) in [5.74, 6) is 1.61. The Bertz CT molecular complexity index is 1150. The molecule has 8 nitrogen and oxygen atoms in total. The van der Waals surface area contributed by atoms with Gasteiger partial charge in [-0.1, -0.05) is 24.3 Å². The highest BCUT2D eigenvalue weighted by molar-refractivity contribution is 5.89. The topological polar surface area (TPSA) is 106 Å². The lowest BCUT2D eigenvalue weighted by atomic mass is 10.1. The summed E-state index contributed by atoms with van der Waals surface area (Å²) >= 11 is 0. The van der Waals surface area contributed by atoms with Crippen LogP contribution in [0.15, 0.2) is 76.5 Å². The van der Waals surface area contributed by atoms with E-state index >= 15 is 0 Å². The minimum atomic E-state index is -0.440. The minimum absolute atomic E-state index is 0.0106. The van der Waals surface area contributed by atoms with Crippen LogP contribution in [-0.4, -0.2) is 21.1 Å². The van der Waals surface area contributed by atoms with Crippen LogP contribution in [0.5, 0.6) is 0 Å². The Hall–Kier alpha value is -4.07. The van der Waals surface area contributed by atoms with Crippen molar-refractivity contribution >= 4 is 28.6 Å². The number of nitrogens with zero attached hydrogens (tertiary/aromatic N) is 4. The summed E-state index contributed by atoms with van der Waals surface area (Å²) in [6, 6.07) is 17.3. The zero-order chi connectivity index (χ0) is 18.6. The largest absolute Gasteiger partial charge is 0.455 e. The van der Waals surface area contributed by atoms with E-state index in [0.717, 1.165) is 10.9 Å². The monoisotopic (exact) mass is 359 g/mol. The van der Waals surface area contributed by atoms with E-state index in [0.29, 0.717) is 22.9 Å². The molecular weight excluding hydrogens is 346 g/mol. The summed E-state index contributed by atoms with van der Waals surface area (Å²) in [5, 5.41) is 15.9. The van der Waals surface area contributed by atoms with Crippen LogP contribution in [0.1, 0.15) is 5.76 Å². The number of benzene rings is 2. The molecule has 0 radical (unpaired) electrons. The molecule has 27 heavy (non-hydrogen) atoms.